The molecule has 1 rings (SSSR count). The summed E-state index contributed by atoms with van der Waals surface area (Å²) in [5, 5.41) is 0. The summed E-state index contributed by atoms with van der Waals surface area (Å²) in [6.07, 6.45) is 3.68. The van der Waals surface area contributed by atoms with Crippen molar-refractivity contribution < 1.29 is 19.0 Å². The lowest BCUT2D eigenvalue weighted by Gasteiger charge is -2.12. The highest BCUT2D eigenvalue weighted by atomic mass is 16.5. The van der Waals surface area contributed by atoms with Crippen LogP contribution in [-0.4, -0.2) is 35.2 Å². The van der Waals surface area contributed by atoms with Crippen molar-refractivity contribution in [1.29, 1.82) is 0 Å². The van der Waals surface area contributed by atoms with E-state index in [4.69, 9.17) is 14.2 Å². The molecule has 0 bridgehead atoms. The predicted molar refractivity (Wildman–Crippen MR) is 86.9 cm³/mol. The molecule has 0 aromatic carbocycles. The van der Waals surface area contributed by atoms with Crippen LogP contribution >= 0.6 is 0 Å². The number of aromatic nitrogens is 2. The number of hydrogen-bond acceptors (Lipinski definition) is 5. The second-order valence-electron chi connectivity index (χ2n) is 5.22. The molecule has 0 radical (unpaired) electrons. The largest absolute Gasteiger partial charge is 0.486 e. The third kappa shape index (κ3) is 5.13. The summed E-state index contributed by atoms with van der Waals surface area (Å²) in [7, 11) is 1.58. The molecule has 0 amide bonds. The van der Waals surface area contributed by atoms with Gasteiger partial charge in [0.05, 0.1) is 13.2 Å². The number of carbonyl (C=O) groups excluding carboxylic acids is 1. The first-order valence-corrected chi connectivity index (χ1v) is 8.25. The summed E-state index contributed by atoms with van der Waals surface area (Å²) in [5.74, 6) is -0.533. The maximum Gasteiger partial charge on any atom is 0.360 e. The minimum absolute atomic E-state index is 0.0403. The number of carbonyl (C=O) groups is 1. The van der Waals surface area contributed by atoms with Crippen LogP contribution in [-0.2, 0) is 23.3 Å². The van der Waals surface area contributed by atoms with E-state index in [1.54, 1.807) is 14.0 Å². The predicted octanol–water partition coefficient (Wildman–Crippen LogP) is 2.32. The van der Waals surface area contributed by atoms with Gasteiger partial charge in [0.15, 0.2) is 5.69 Å². The second-order valence-corrected chi connectivity index (χ2v) is 5.22. The summed E-state index contributed by atoms with van der Waals surface area (Å²) in [5.41, 5.74) is -0.241. The van der Waals surface area contributed by atoms with Crippen molar-refractivity contribution >= 4 is 5.97 Å². The molecule has 0 fully saturated rings. The Morgan fingerprint density at radius 1 is 1.09 bits per heavy atom. The van der Waals surface area contributed by atoms with Crippen molar-refractivity contribution in [2.75, 3.05) is 19.8 Å². The number of esters is 1. The fourth-order valence-electron chi connectivity index (χ4n) is 2.02. The smallest absolute Gasteiger partial charge is 0.360 e. The topological polar surface area (TPSA) is 71.7 Å². The van der Waals surface area contributed by atoms with Crippen molar-refractivity contribution in [3.8, 4) is 5.75 Å². The van der Waals surface area contributed by atoms with E-state index in [-0.39, 0.29) is 30.3 Å². The van der Waals surface area contributed by atoms with Gasteiger partial charge in [0.2, 0.25) is 5.75 Å². The minimum Gasteiger partial charge on any atom is -0.486 e. The standard InChI is InChI=1S/C16H28N2O5/c1-5-8-10-21-12-18-13(16(20)22-7-3)14(15(19)17(18)4)23-11-9-6-2/h5-12H2,1-4H3. The minimum atomic E-state index is -0.573. The lowest BCUT2D eigenvalue weighted by Crippen LogP contribution is -2.23. The van der Waals surface area contributed by atoms with Crippen molar-refractivity contribution in [2.24, 2.45) is 7.05 Å². The normalized spacial score (nSPS) is 10.8. The van der Waals surface area contributed by atoms with Gasteiger partial charge < -0.3 is 14.2 Å². The molecule has 0 spiro atoms. The van der Waals surface area contributed by atoms with Crippen molar-refractivity contribution in [2.45, 2.75) is 53.2 Å². The van der Waals surface area contributed by atoms with Gasteiger partial charge in [0.1, 0.15) is 6.73 Å². The van der Waals surface area contributed by atoms with Gasteiger partial charge in [-0.1, -0.05) is 26.7 Å². The Hall–Kier alpha value is -1.76. The lowest BCUT2D eigenvalue weighted by atomic mass is 10.3. The maximum absolute atomic E-state index is 12.4. The monoisotopic (exact) mass is 328 g/mol. The maximum atomic E-state index is 12.4. The van der Waals surface area contributed by atoms with Crippen LogP contribution in [0.25, 0.3) is 0 Å². The molecular formula is C16H28N2O5. The van der Waals surface area contributed by atoms with Gasteiger partial charge in [0.25, 0.3) is 0 Å². The number of nitrogens with zero attached hydrogens (tertiary/aromatic N) is 2. The molecule has 1 heterocycles. The van der Waals surface area contributed by atoms with Gasteiger partial charge in [-0.15, -0.1) is 0 Å². The van der Waals surface area contributed by atoms with E-state index >= 15 is 0 Å². The van der Waals surface area contributed by atoms with Gasteiger partial charge in [-0.2, -0.15) is 0 Å². The molecule has 7 heteroatoms. The summed E-state index contributed by atoms with van der Waals surface area (Å²) in [6.45, 7) is 7.11. The van der Waals surface area contributed by atoms with E-state index in [0.29, 0.717) is 13.2 Å². The zero-order valence-electron chi connectivity index (χ0n) is 14.6. The Labute approximate surface area is 137 Å². The average Bonchev–Trinajstić information content (AvgIpc) is 2.77. The molecule has 0 saturated heterocycles. The van der Waals surface area contributed by atoms with Crippen LogP contribution < -0.4 is 10.3 Å². The fourth-order valence-corrected chi connectivity index (χ4v) is 2.02. The first-order valence-electron chi connectivity index (χ1n) is 8.25. The highest BCUT2D eigenvalue weighted by molar-refractivity contribution is 5.90. The first kappa shape index (κ1) is 19.3. The van der Waals surface area contributed by atoms with E-state index in [0.717, 1.165) is 25.7 Å². The summed E-state index contributed by atoms with van der Waals surface area (Å²) < 4.78 is 19.0. The molecule has 132 valence electrons. The van der Waals surface area contributed by atoms with E-state index in [1.807, 2.05) is 6.92 Å². The van der Waals surface area contributed by atoms with Crippen LogP contribution in [0.4, 0.5) is 0 Å². The molecular weight excluding hydrogens is 300 g/mol. The quantitative estimate of drug-likeness (QED) is 0.460. The van der Waals surface area contributed by atoms with Crippen LogP contribution in [0.15, 0.2) is 4.79 Å². The Balaban J connectivity index is 3.07. The van der Waals surface area contributed by atoms with Crippen molar-refractivity contribution in [3.05, 3.63) is 16.0 Å². The molecule has 1 aromatic rings. The van der Waals surface area contributed by atoms with Gasteiger partial charge in [-0.3, -0.25) is 4.79 Å². The summed E-state index contributed by atoms with van der Waals surface area (Å²) in [4.78, 5) is 24.6. The van der Waals surface area contributed by atoms with E-state index in [1.165, 1.54) is 9.36 Å². The third-order valence-electron chi connectivity index (χ3n) is 3.39. The molecule has 0 unspecified atom stereocenters. The van der Waals surface area contributed by atoms with Gasteiger partial charge >= 0.3 is 11.5 Å². The van der Waals surface area contributed by atoms with E-state index in [9.17, 15) is 9.59 Å². The third-order valence-corrected chi connectivity index (χ3v) is 3.39. The fraction of sp³-hybridized carbons (Fsp3) is 0.750. The van der Waals surface area contributed by atoms with Crippen LogP contribution in [0.3, 0.4) is 0 Å². The molecule has 7 nitrogen and oxygen atoms in total. The zero-order chi connectivity index (χ0) is 17.2. The van der Waals surface area contributed by atoms with Crippen LogP contribution in [0.5, 0.6) is 5.75 Å². The second kappa shape index (κ2) is 10.1. The summed E-state index contributed by atoms with van der Waals surface area (Å²) in [6, 6.07) is 0. The first-order chi connectivity index (χ1) is 11.1. The SMILES string of the molecule is CCCCOCn1c(C(=O)OCC)c(OCCCC)c(=O)n1C. The van der Waals surface area contributed by atoms with Gasteiger partial charge in [0, 0.05) is 13.7 Å². The van der Waals surface area contributed by atoms with Crippen molar-refractivity contribution in [1.82, 2.24) is 9.36 Å². The number of rotatable bonds is 11. The molecule has 0 atom stereocenters. The zero-order valence-corrected chi connectivity index (χ0v) is 14.6. The van der Waals surface area contributed by atoms with Crippen LogP contribution in [0.2, 0.25) is 0 Å². The molecule has 0 saturated carbocycles. The molecule has 23 heavy (non-hydrogen) atoms. The number of unbranched alkanes of at least 4 members (excludes halogenated alkanes) is 2. The molecule has 0 aliphatic heterocycles. The van der Waals surface area contributed by atoms with E-state index in [2.05, 4.69) is 6.92 Å². The molecule has 1 aromatic heterocycles. The Morgan fingerprint density at radius 3 is 2.35 bits per heavy atom. The average molecular weight is 328 g/mol. The summed E-state index contributed by atoms with van der Waals surface area (Å²) >= 11 is 0. The molecule has 0 N–H and O–H groups in total. The van der Waals surface area contributed by atoms with Crippen LogP contribution in [0, 0.1) is 0 Å². The lowest BCUT2D eigenvalue weighted by molar-refractivity contribution is 0.0397. The molecule has 0 aliphatic carbocycles. The number of hydrogen-bond donors (Lipinski definition) is 0. The Morgan fingerprint density at radius 2 is 1.74 bits per heavy atom. The number of ether oxygens (including phenoxy) is 3. The Bertz CT molecular complexity index is 547. The van der Waals surface area contributed by atoms with Crippen molar-refractivity contribution in [3.63, 3.8) is 0 Å². The van der Waals surface area contributed by atoms with Crippen LogP contribution in [0.1, 0.15) is 56.9 Å². The highest BCUT2D eigenvalue weighted by Crippen LogP contribution is 2.17. The van der Waals surface area contributed by atoms with Gasteiger partial charge in [-0.05, 0) is 19.8 Å². The Kier molecular flexibility index (Phi) is 8.47. The van der Waals surface area contributed by atoms with Gasteiger partial charge in [-0.25, -0.2) is 14.2 Å². The highest BCUT2D eigenvalue weighted by Gasteiger charge is 2.26. The molecule has 0 aliphatic rings. The van der Waals surface area contributed by atoms with E-state index < -0.39 is 5.97 Å².